The molecule has 0 amide bonds. The molecule has 0 aliphatic carbocycles. The van der Waals surface area contributed by atoms with Crippen molar-refractivity contribution in [1.82, 2.24) is 5.32 Å². The van der Waals surface area contributed by atoms with E-state index in [4.69, 9.17) is 4.74 Å². The molecule has 0 rings (SSSR count). The highest BCUT2D eigenvalue weighted by molar-refractivity contribution is 4.65. The number of nitrogens with one attached hydrogen (secondary N) is 1. The van der Waals surface area contributed by atoms with Crippen LogP contribution in [0.5, 0.6) is 0 Å². The van der Waals surface area contributed by atoms with Gasteiger partial charge >= 0.3 is 0 Å². The summed E-state index contributed by atoms with van der Waals surface area (Å²) in [7, 11) is 0. The average Bonchev–Trinajstić information content (AvgIpc) is 2.10. The predicted molar refractivity (Wildman–Crippen MR) is 53.7 cm³/mol. The molecule has 1 N–H and O–H groups in total. The summed E-state index contributed by atoms with van der Waals surface area (Å²) < 4.78 is 28.9. The van der Waals surface area contributed by atoms with Crippen molar-refractivity contribution in [2.24, 2.45) is 5.92 Å². The molecular formula is C10H21F2NO. The molecule has 0 aliphatic heterocycles. The SMILES string of the molecule is CCCNCC(OCC(F)F)C(C)C. The van der Waals surface area contributed by atoms with Gasteiger partial charge in [0, 0.05) is 6.54 Å². The molecule has 4 heteroatoms. The molecule has 1 atom stereocenters. The largest absolute Gasteiger partial charge is 0.371 e. The van der Waals surface area contributed by atoms with Gasteiger partial charge in [0.15, 0.2) is 0 Å². The molecule has 0 aromatic rings. The van der Waals surface area contributed by atoms with E-state index >= 15 is 0 Å². The third-order valence-electron chi connectivity index (χ3n) is 1.95. The van der Waals surface area contributed by atoms with E-state index in [1.807, 2.05) is 13.8 Å². The van der Waals surface area contributed by atoms with Crippen LogP contribution in [0, 0.1) is 5.92 Å². The van der Waals surface area contributed by atoms with Gasteiger partial charge in [-0.3, -0.25) is 0 Å². The van der Waals surface area contributed by atoms with Gasteiger partial charge in [-0.05, 0) is 18.9 Å². The van der Waals surface area contributed by atoms with Gasteiger partial charge in [-0.1, -0.05) is 20.8 Å². The molecule has 1 unspecified atom stereocenters. The maximum Gasteiger partial charge on any atom is 0.261 e. The van der Waals surface area contributed by atoms with Gasteiger partial charge in [0.2, 0.25) is 0 Å². The summed E-state index contributed by atoms with van der Waals surface area (Å²) in [5.41, 5.74) is 0. The summed E-state index contributed by atoms with van der Waals surface area (Å²) >= 11 is 0. The Morgan fingerprint density at radius 2 is 1.93 bits per heavy atom. The second-order valence-electron chi connectivity index (χ2n) is 3.71. The van der Waals surface area contributed by atoms with Crippen LogP contribution in [-0.4, -0.2) is 32.2 Å². The van der Waals surface area contributed by atoms with Crippen molar-refractivity contribution in [2.75, 3.05) is 19.7 Å². The van der Waals surface area contributed by atoms with E-state index in [0.717, 1.165) is 13.0 Å². The molecule has 0 aromatic carbocycles. The van der Waals surface area contributed by atoms with Gasteiger partial charge in [0.05, 0.1) is 6.10 Å². The van der Waals surface area contributed by atoms with Gasteiger partial charge in [0.25, 0.3) is 6.43 Å². The van der Waals surface area contributed by atoms with Gasteiger partial charge < -0.3 is 10.1 Å². The maximum atomic E-state index is 11.9. The van der Waals surface area contributed by atoms with Crippen LogP contribution in [0.3, 0.4) is 0 Å². The Bertz CT molecular complexity index is 131. The molecule has 0 saturated carbocycles. The molecule has 2 nitrogen and oxygen atoms in total. The number of hydrogen-bond acceptors (Lipinski definition) is 2. The van der Waals surface area contributed by atoms with Crippen molar-refractivity contribution in [1.29, 1.82) is 0 Å². The van der Waals surface area contributed by atoms with E-state index in [-0.39, 0.29) is 12.0 Å². The third kappa shape index (κ3) is 7.21. The normalized spacial score (nSPS) is 13.9. The number of alkyl halides is 2. The molecule has 0 radical (unpaired) electrons. The minimum Gasteiger partial charge on any atom is -0.371 e. The van der Waals surface area contributed by atoms with Crippen LogP contribution < -0.4 is 5.32 Å². The number of rotatable bonds is 8. The van der Waals surface area contributed by atoms with E-state index in [9.17, 15) is 8.78 Å². The van der Waals surface area contributed by atoms with Crippen LogP contribution in [0.4, 0.5) is 8.78 Å². The fourth-order valence-electron chi connectivity index (χ4n) is 1.10. The lowest BCUT2D eigenvalue weighted by Crippen LogP contribution is -2.34. The Labute approximate surface area is 85.0 Å². The van der Waals surface area contributed by atoms with E-state index < -0.39 is 13.0 Å². The molecule has 14 heavy (non-hydrogen) atoms. The summed E-state index contributed by atoms with van der Waals surface area (Å²) in [6.45, 7) is 7.11. The lowest BCUT2D eigenvalue weighted by atomic mass is 10.1. The second kappa shape index (κ2) is 8.12. The van der Waals surface area contributed by atoms with Gasteiger partial charge in [0.1, 0.15) is 6.61 Å². The van der Waals surface area contributed by atoms with E-state index in [2.05, 4.69) is 12.2 Å². The average molecular weight is 209 g/mol. The highest BCUT2D eigenvalue weighted by Crippen LogP contribution is 2.07. The third-order valence-corrected chi connectivity index (χ3v) is 1.95. The van der Waals surface area contributed by atoms with Gasteiger partial charge in [-0.25, -0.2) is 8.78 Å². The van der Waals surface area contributed by atoms with Crippen molar-refractivity contribution < 1.29 is 13.5 Å². The first kappa shape index (κ1) is 13.8. The summed E-state index contributed by atoms with van der Waals surface area (Å²) in [6, 6.07) is 0. The fraction of sp³-hybridized carbons (Fsp3) is 1.00. The summed E-state index contributed by atoms with van der Waals surface area (Å²) in [5, 5.41) is 3.17. The Kier molecular flexibility index (Phi) is 7.99. The van der Waals surface area contributed by atoms with Crippen molar-refractivity contribution in [3.63, 3.8) is 0 Å². The number of hydrogen-bond donors (Lipinski definition) is 1. The van der Waals surface area contributed by atoms with Crippen molar-refractivity contribution in [2.45, 2.75) is 39.7 Å². The minimum absolute atomic E-state index is 0.115. The van der Waals surface area contributed by atoms with Crippen molar-refractivity contribution >= 4 is 0 Å². The Balaban J connectivity index is 3.66. The standard InChI is InChI=1S/C10H21F2NO/c1-4-5-13-6-9(8(2)3)14-7-10(11)12/h8-10,13H,4-7H2,1-3H3. The number of ether oxygens (including phenoxy) is 1. The van der Waals surface area contributed by atoms with Crippen LogP contribution in [0.2, 0.25) is 0 Å². The first-order valence-electron chi connectivity index (χ1n) is 5.18. The van der Waals surface area contributed by atoms with E-state index in [0.29, 0.717) is 6.54 Å². The zero-order valence-electron chi connectivity index (χ0n) is 9.22. The van der Waals surface area contributed by atoms with Crippen LogP contribution in [-0.2, 0) is 4.74 Å². The predicted octanol–water partition coefficient (Wildman–Crippen LogP) is 2.29. The highest BCUT2D eigenvalue weighted by atomic mass is 19.3. The number of halogens is 2. The molecule has 0 saturated heterocycles. The molecule has 0 fully saturated rings. The minimum atomic E-state index is -2.37. The molecular weight excluding hydrogens is 188 g/mol. The monoisotopic (exact) mass is 209 g/mol. The molecule has 0 spiro atoms. The van der Waals surface area contributed by atoms with Gasteiger partial charge in [-0.15, -0.1) is 0 Å². The summed E-state index contributed by atoms with van der Waals surface area (Å²) in [6.07, 6.45) is -1.45. The smallest absolute Gasteiger partial charge is 0.261 e. The molecule has 0 aromatic heterocycles. The Hall–Kier alpha value is -0.220. The summed E-state index contributed by atoms with van der Waals surface area (Å²) in [5.74, 6) is 0.262. The first-order valence-corrected chi connectivity index (χ1v) is 5.18. The Morgan fingerprint density at radius 3 is 2.36 bits per heavy atom. The molecule has 0 aliphatic rings. The zero-order chi connectivity index (χ0) is 11.0. The van der Waals surface area contributed by atoms with Crippen molar-refractivity contribution in [3.8, 4) is 0 Å². The first-order chi connectivity index (χ1) is 6.57. The quantitative estimate of drug-likeness (QED) is 0.619. The molecule has 86 valence electrons. The lowest BCUT2D eigenvalue weighted by molar-refractivity contribution is -0.0399. The van der Waals surface area contributed by atoms with E-state index in [1.165, 1.54) is 0 Å². The maximum absolute atomic E-state index is 11.9. The summed E-state index contributed by atoms with van der Waals surface area (Å²) in [4.78, 5) is 0. The van der Waals surface area contributed by atoms with E-state index in [1.54, 1.807) is 0 Å². The van der Waals surface area contributed by atoms with Crippen LogP contribution >= 0.6 is 0 Å². The second-order valence-corrected chi connectivity index (χ2v) is 3.71. The van der Waals surface area contributed by atoms with Crippen LogP contribution in [0.1, 0.15) is 27.2 Å². The molecule has 0 heterocycles. The molecule has 0 bridgehead atoms. The van der Waals surface area contributed by atoms with Crippen LogP contribution in [0.25, 0.3) is 0 Å². The highest BCUT2D eigenvalue weighted by Gasteiger charge is 2.15. The van der Waals surface area contributed by atoms with Gasteiger partial charge in [-0.2, -0.15) is 0 Å². The fourth-order valence-corrected chi connectivity index (χ4v) is 1.10. The van der Waals surface area contributed by atoms with Crippen LogP contribution in [0.15, 0.2) is 0 Å². The zero-order valence-corrected chi connectivity index (χ0v) is 9.22. The van der Waals surface area contributed by atoms with Crippen molar-refractivity contribution in [3.05, 3.63) is 0 Å². The lowest BCUT2D eigenvalue weighted by Gasteiger charge is -2.21. The topological polar surface area (TPSA) is 21.3 Å². The Morgan fingerprint density at radius 1 is 1.29 bits per heavy atom.